The Bertz CT molecular complexity index is 601. The number of hydrogen-bond donors (Lipinski definition) is 1. The summed E-state index contributed by atoms with van der Waals surface area (Å²) in [5.74, 6) is 0. The fourth-order valence-electron chi connectivity index (χ4n) is 1.55. The maximum Gasteiger partial charge on any atom is 0.150 e. The molecule has 6 heteroatoms. The highest BCUT2D eigenvalue weighted by Gasteiger charge is 2.16. The van der Waals surface area contributed by atoms with Gasteiger partial charge in [-0.05, 0) is 18.6 Å². The zero-order valence-corrected chi connectivity index (χ0v) is 9.85. The van der Waals surface area contributed by atoms with Crippen molar-refractivity contribution in [2.45, 2.75) is 18.4 Å². The summed E-state index contributed by atoms with van der Waals surface area (Å²) in [5.41, 5.74) is 1.44. The second-order valence-corrected chi connectivity index (χ2v) is 6.15. The molecule has 2 heterocycles. The molecule has 0 bridgehead atoms. The molecule has 0 saturated carbocycles. The second-order valence-electron chi connectivity index (χ2n) is 3.19. The van der Waals surface area contributed by atoms with E-state index in [1.807, 2.05) is 25.1 Å². The molecule has 0 aromatic carbocycles. The molecule has 2 N–H and O–H groups in total. The van der Waals surface area contributed by atoms with Gasteiger partial charge in [-0.2, -0.15) is 0 Å². The van der Waals surface area contributed by atoms with E-state index in [9.17, 15) is 4.21 Å². The van der Waals surface area contributed by atoms with Crippen molar-refractivity contribution < 1.29 is 4.21 Å². The van der Waals surface area contributed by atoms with E-state index in [1.165, 1.54) is 0 Å². The highest BCUT2D eigenvalue weighted by Crippen LogP contribution is 2.17. The van der Waals surface area contributed by atoms with Gasteiger partial charge in [0.2, 0.25) is 0 Å². The van der Waals surface area contributed by atoms with Gasteiger partial charge in [-0.25, -0.2) is 14.3 Å². The van der Waals surface area contributed by atoms with Gasteiger partial charge < -0.3 is 0 Å². The van der Waals surface area contributed by atoms with Gasteiger partial charge in [-0.1, -0.05) is 13.0 Å². The lowest BCUT2D eigenvalue weighted by Crippen LogP contribution is -2.15. The van der Waals surface area contributed by atoms with Crippen LogP contribution in [0.25, 0.3) is 5.65 Å². The van der Waals surface area contributed by atoms with Crippen LogP contribution in [0.5, 0.6) is 0 Å². The quantitative estimate of drug-likeness (QED) is 0.849. The number of nitrogens with zero attached hydrogens (tertiary/aromatic N) is 2. The largest absolute Gasteiger partial charge is 0.291 e. The molecule has 0 aliphatic carbocycles. The van der Waals surface area contributed by atoms with E-state index in [1.54, 1.807) is 10.6 Å². The summed E-state index contributed by atoms with van der Waals surface area (Å²) in [5, 5.41) is 5.98. The van der Waals surface area contributed by atoms with Crippen molar-refractivity contribution in [3.8, 4) is 0 Å². The number of nitrogens with two attached hydrogens (primary N) is 1. The van der Waals surface area contributed by atoms with Crippen molar-refractivity contribution in [3.63, 3.8) is 0 Å². The smallest absolute Gasteiger partial charge is 0.150 e. The number of aryl methyl sites for hydroxylation is 1. The Hall–Kier alpha value is -0.980. The zero-order chi connectivity index (χ0) is 11.1. The fraction of sp³-hybridized carbons (Fsp3) is 0.222. The van der Waals surface area contributed by atoms with Gasteiger partial charge in [0.15, 0.2) is 5.03 Å². The summed E-state index contributed by atoms with van der Waals surface area (Å²) in [6, 6.07) is 5.54. The third kappa shape index (κ3) is 1.75. The highest BCUT2D eigenvalue weighted by molar-refractivity contribution is 8.31. The number of aromatic nitrogens is 2. The molecule has 0 saturated heterocycles. The maximum absolute atomic E-state index is 11.8. The van der Waals surface area contributed by atoms with Crippen molar-refractivity contribution >= 4 is 25.5 Å². The topological polar surface area (TPSA) is 60.4 Å². The molecule has 4 nitrogen and oxygen atoms in total. The van der Waals surface area contributed by atoms with Crippen LogP contribution >= 0.6 is 0 Å². The maximum atomic E-state index is 11.8. The van der Waals surface area contributed by atoms with Crippen LogP contribution in [-0.4, -0.2) is 13.6 Å². The Morgan fingerprint density at radius 2 is 2.33 bits per heavy atom. The molecule has 0 fully saturated rings. The van der Waals surface area contributed by atoms with E-state index in [2.05, 4.69) is 4.98 Å². The minimum absolute atomic E-state index is 0.454. The second kappa shape index (κ2) is 3.55. The Morgan fingerprint density at radius 3 is 2.93 bits per heavy atom. The van der Waals surface area contributed by atoms with Crippen molar-refractivity contribution in [2.75, 3.05) is 0 Å². The summed E-state index contributed by atoms with van der Waals surface area (Å²) in [6.45, 7) is 1.94. The molecule has 2 aromatic heterocycles. The lowest BCUT2D eigenvalue weighted by Gasteiger charge is -2.02. The predicted molar refractivity (Wildman–Crippen MR) is 62.5 cm³/mol. The third-order valence-corrected chi connectivity index (χ3v) is 3.60. The summed E-state index contributed by atoms with van der Waals surface area (Å²) >= 11 is 4.83. The number of imidazole rings is 1. The summed E-state index contributed by atoms with van der Waals surface area (Å²) < 4.78 is 13.5. The molecule has 1 atom stereocenters. The van der Waals surface area contributed by atoms with Gasteiger partial charge in [-0.15, -0.1) is 0 Å². The summed E-state index contributed by atoms with van der Waals surface area (Å²) in [4.78, 5) is 4.33. The molecular formula is C9H11N3OS2. The Kier molecular flexibility index (Phi) is 2.49. The molecule has 0 aliphatic heterocycles. The third-order valence-electron chi connectivity index (χ3n) is 2.16. The van der Waals surface area contributed by atoms with Crippen LogP contribution in [0.4, 0.5) is 0 Å². The van der Waals surface area contributed by atoms with Crippen LogP contribution in [-0.2, 0) is 26.3 Å². The first-order valence-corrected chi connectivity index (χ1v) is 7.07. The molecule has 0 aliphatic rings. The van der Waals surface area contributed by atoms with E-state index in [4.69, 9.17) is 16.3 Å². The highest BCUT2D eigenvalue weighted by atomic mass is 32.8. The van der Waals surface area contributed by atoms with E-state index < -0.39 is 8.68 Å². The van der Waals surface area contributed by atoms with Crippen LogP contribution in [0.1, 0.15) is 12.6 Å². The van der Waals surface area contributed by atoms with Gasteiger partial charge in [0.1, 0.15) is 14.3 Å². The minimum Gasteiger partial charge on any atom is -0.291 e. The minimum atomic E-state index is -2.90. The molecule has 0 radical (unpaired) electrons. The van der Waals surface area contributed by atoms with Gasteiger partial charge in [0.25, 0.3) is 0 Å². The van der Waals surface area contributed by atoms with Gasteiger partial charge >= 0.3 is 0 Å². The molecule has 1 unspecified atom stereocenters. The average Bonchev–Trinajstić information content (AvgIpc) is 2.54. The molecular weight excluding hydrogens is 230 g/mol. The average molecular weight is 241 g/mol. The van der Waals surface area contributed by atoms with Crippen molar-refractivity contribution in [2.24, 2.45) is 5.14 Å². The Morgan fingerprint density at radius 1 is 1.60 bits per heavy atom. The van der Waals surface area contributed by atoms with E-state index >= 15 is 0 Å². The van der Waals surface area contributed by atoms with E-state index in [0.717, 1.165) is 5.65 Å². The predicted octanol–water partition coefficient (Wildman–Crippen LogP) is 0.876. The Balaban J connectivity index is 2.91. The number of fused-ring (bicyclic) bond motifs is 1. The first-order chi connectivity index (χ1) is 7.04. The van der Waals surface area contributed by atoms with Crippen molar-refractivity contribution in [1.82, 2.24) is 9.38 Å². The van der Waals surface area contributed by atoms with E-state index in [0.29, 0.717) is 17.1 Å². The first-order valence-electron chi connectivity index (χ1n) is 4.53. The lowest BCUT2D eigenvalue weighted by molar-refractivity contribution is 0.677. The molecule has 80 valence electrons. The normalized spacial score (nSPS) is 15.3. The van der Waals surface area contributed by atoms with Crippen LogP contribution in [0.3, 0.4) is 0 Å². The first kappa shape index (κ1) is 10.5. The zero-order valence-electron chi connectivity index (χ0n) is 8.21. The Labute approximate surface area is 92.9 Å². The number of rotatable bonds is 2. The molecule has 2 aromatic rings. The summed E-state index contributed by atoms with van der Waals surface area (Å²) in [7, 11) is -2.90. The molecule has 2 rings (SSSR count). The van der Waals surface area contributed by atoms with Crippen LogP contribution in [0, 0.1) is 0 Å². The van der Waals surface area contributed by atoms with Crippen molar-refractivity contribution in [3.05, 3.63) is 30.1 Å². The summed E-state index contributed by atoms with van der Waals surface area (Å²) in [6.07, 6.45) is 2.44. The molecule has 0 spiro atoms. The number of hydrogen-bond acceptors (Lipinski definition) is 3. The van der Waals surface area contributed by atoms with Crippen LogP contribution in [0.15, 0.2) is 29.4 Å². The monoisotopic (exact) mass is 241 g/mol. The van der Waals surface area contributed by atoms with Gasteiger partial charge in [0, 0.05) is 17.4 Å². The fourth-order valence-corrected chi connectivity index (χ4v) is 3.03. The van der Waals surface area contributed by atoms with Crippen molar-refractivity contribution in [1.29, 1.82) is 0 Å². The van der Waals surface area contributed by atoms with E-state index in [-0.39, 0.29) is 0 Å². The SMILES string of the molecule is CCc1nc2ccccn2c1S(N)(=O)=S. The van der Waals surface area contributed by atoms with Crippen LogP contribution in [0.2, 0.25) is 0 Å². The molecule has 0 amide bonds. The van der Waals surface area contributed by atoms with Gasteiger partial charge in [-0.3, -0.25) is 4.40 Å². The van der Waals surface area contributed by atoms with Crippen LogP contribution < -0.4 is 5.14 Å². The number of pyridine rings is 1. The standard InChI is InChI=1S/C9H11N3OS2/c1-2-7-9(15(10,13)14)12-6-4-3-5-8(12)11-7/h3-6H,2H2,1H3,(H2,10,13,14). The van der Waals surface area contributed by atoms with Gasteiger partial charge in [0.05, 0.1) is 5.69 Å². The lowest BCUT2D eigenvalue weighted by atomic mass is 10.4. The molecule has 15 heavy (non-hydrogen) atoms.